The molecule has 486 valence electrons. The maximum absolute atomic E-state index is 12.9. The third kappa shape index (κ3) is 70.0. The molecular formula is C77H142O6. The molecule has 0 saturated heterocycles. The molecule has 0 amide bonds. The van der Waals surface area contributed by atoms with Gasteiger partial charge in [-0.1, -0.05) is 333 Å². The fraction of sp³-hybridized carbons (Fsp3) is 0.857. The number of carbonyl (C=O) groups excluding carboxylic acids is 3. The second-order valence-electron chi connectivity index (χ2n) is 25.2. The van der Waals surface area contributed by atoms with Crippen LogP contribution in [0.15, 0.2) is 48.6 Å². The highest BCUT2D eigenvalue weighted by Gasteiger charge is 2.19. The highest BCUT2D eigenvalue weighted by Crippen LogP contribution is 2.18. The molecule has 0 spiro atoms. The maximum Gasteiger partial charge on any atom is 0.306 e. The van der Waals surface area contributed by atoms with E-state index in [1.807, 2.05) is 0 Å². The molecule has 83 heavy (non-hydrogen) atoms. The molecule has 0 aromatic heterocycles. The van der Waals surface area contributed by atoms with E-state index < -0.39 is 6.10 Å². The molecule has 0 radical (unpaired) electrons. The Balaban J connectivity index is 4.08. The highest BCUT2D eigenvalue weighted by atomic mass is 16.6. The molecule has 1 atom stereocenters. The second-order valence-corrected chi connectivity index (χ2v) is 25.2. The van der Waals surface area contributed by atoms with Gasteiger partial charge < -0.3 is 14.2 Å². The number of carbonyl (C=O) groups is 3. The quantitative estimate of drug-likeness (QED) is 0.0261. The zero-order chi connectivity index (χ0) is 59.9. The first-order valence-electron chi connectivity index (χ1n) is 37.1. The lowest BCUT2D eigenvalue weighted by Crippen LogP contribution is -2.30. The fourth-order valence-corrected chi connectivity index (χ4v) is 11.2. The molecule has 0 aliphatic rings. The molecule has 0 heterocycles. The summed E-state index contributed by atoms with van der Waals surface area (Å²) in [6.45, 7) is 6.66. The molecule has 0 aliphatic heterocycles. The Morgan fingerprint density at radius 1 is 0.241 bits per heavy atom. The van der Waals surface area contributed by atoms with E-state index in [2.05, 4.69) is 69.4 Å². The standard InChI is InChI=1S/C77H142O6/c1-4-7-10-13-16-19-22-25-27-29-30-31-32-33-34-35-36-37-38-39-40-41-42-43-44-45-46-48-49-52-55-58-61-64-67-70-76(79)82-73-74(72-81-75(78)69-66-63-60-57-54-51-24-21-18-15-12-9-6-3)83-77(80)71-68-65-62-59-56-53-50-47-28-26-23-20-17-14-11-8-5-2/h21-22,24-26,28-30,74H,4-20,23,27,31-73H2,1-3H3/b24-21-,25-22-,28-26-,30-29-. The zero-order valence-electron chi connectivity index (χ0n) is 56.0. The smallest absolute Gasteiger partial charge is 0.306 e. The molecule has 0 rings (SSSR count). The first-order chi connectivity index (χ1) is 41.0. The van der Waals surface area contributed by atoms with Crippen molar-refractivity contribution >= 4 is 17.9 Å². The number of ether oxygens (including phenoxy) is 3. The van der Waals surface area contributed by atoms with Crippen LogP contribution in [0.25, 0.3) is 0 Å². The van der Waals surface area contributed by atoms with Crippen molar-refractivity contribution < 1.29 is 28.6 Å². The molecule has 0 aliphatic carbocycles. The van der Waals surface area contributed by atoms with Crippen molar-refractivity contribution in [3.05, 3.63) is 48.6 Å². The molecule has 6 nitrogen and oxygen atoms in total. The van der Waals surface area contributed by atoms with Gasteiger partial charge in [-0.25, -0.2) is 0 Å². The average molecular weight is 1160 g/mol. The largest absolute Gasteiger partial charge is 0.462 e. The van der Waals surface area contributed by atoms with Gasteiger partial charge in [0.05, 0.1) is 0 Å². The molecule has 6 heteroatoms. The minimum Gasteiger partial charge on any atom is -0.462 e. The van der Waals surface area contributed by atoms with Crippen LogP contribution in [0.3, 0.4) is 0 Å². The lowest BCUT2D eigenvalue weighted by molar-refractivity contribution is -0.167. The van der Waals surface area contributed by atoms with Crippen LogP contribution in [0.1, 0.15) is 406 Å². The third-order valence-corrected chi connectivity index (χ3v) is 16.8. The zero-order valence-corrected chi connectivity index (χ0v) is 56.0. The van der Waals surface area contributed by atoms with Crippen LogP contribution in [0.4, 0.5) is 0 Å². The van der Waals surface area contributed by atoms with Crippen molar-refractivity contribution in [2.75, 3.05) is 13.2 Å². The average Bonchev–Trinajstić information content (AvgIpc) is 3.49. The Bertz CT molecular complexity index is 1430. The van der Waals surface area contributed by atoms with Gasteiger partial charge in [0.25, 0.3) is 0 Å². The first-order valence-corrected chi connectivity index (χ1v) is 37.1. The number of hydrogen-bond acceptors (Lipinski definition) is 6. The van der Waals surface area contributed by atoms with Gasteiger partial charge in [0.15, 0.2) is 6.10 Å². The number of allylic oxidation sites excluding steroid dienone is 8. The van der Waals surface area contributed by atoms with Crippen LogP contribution >= 0.6 is 0 Å². The van der Waals surface area contributed by atoms with Crippen LogP contribution in [0, 0.1) is 0 Å². The van der Waals surface area contributed by atoms with Gasteiger partial charge in [0, 0.05) is 19.3 Å². The van der Waals surface area contributed by atoms with Gasteiger partial charge in [-0.2, -0.15) is 0 Å². The Morgan fingerprint density at radius 2 is 0.434 bits per heavy atom. The molecule has 0 N–H and O–H groups in total. The van der Waals surface area contributed by atoms with Crippen molar-refractivity contribution in [1.82, 2.24) is 0 Å². The molecule has 0 fully saturated rings. The number of unbranched alkanes of at least 4 members (excludes halogenated alkanes) is 50. The monoisotopic (exact) mass is 1160 g/mol. The summed E-state index contributed by atoms with van der Waals surface area (Å²) in [5, 5.41) is 0. The van der Waals surface area contributed by atoms with Crippen LogP contribution in [0.5, 0.6) is 0 Å². The van der Waals surface area contributed by atoms with Crippen LogP contribution < -0.4 is 0 Å². The second kappa shape index (κ2) is 71.8. The summed E-state index contributed by atoms with van der Waals surface area (Å²) in [6, 6.07) is 0. The van der Waals surface area contributed by atoms with Gasteiger partial charge >= 0.3 is 17.9 Å². The predicted molar refractivity (Wildman–Crippen MR) is 362 cm³/mol. The van der Waals surface area contributed by atoms with Gasteiger partial charge in [-0.3, -0.25) is 14.4 Å². The van der Waals surface area contributed by atoms with Crippen LogP contribution in [-0.2, 0) is 28.6 Å². The van der Waals surface area contributed by atoms with Crippen molar-refractivity contribution in [3.8, 4) is 0 Å². The lowest BCUT2D eigenvalue weighted by atomic mass is 10.0. The summed E-state index contributed by atoms with van der Waals surface area (Å²) in [7, 11) is 0. The molecule has 0 aromatic rings. The summed E-state index contributed by atoms with van der Waals surface area (Å²) < 4.78 is 17.0. The Hall–Kier alpha value is -2.63. The third-order valence-electron chi connectivity index (χ3n) is 16.8. The van der Waals surface area contributed by atoms with E-state index in [4.69, 9.17) is 14.2 Å². The summed E-state index contributed by atoms with van der Waals surface area (Å²) in [5.41, 5.74) is 0. The molecule has 1 unspecified atom stereocenters. The van der Waals surface area contributed by atoms with Crippen molar-refractivity contribution in [2.45, 2.75) is 412 Å². The lowest BCUT2D eigenvalue weighted by Gasteiger charge is -2.18. The molecular weight excluding hydrogens is 1020 g/mol. The summed E-state index contributed by atoms with van der Waals surface area (Å²) in [4.78, 5) is 38.4. The van der Waals surface area contributed by atoms with Gasteiger partial charge in [0.1, 0.15) is 13.2 Å². The number of rotatable bonds is 69. The van der Waals surface area contributed by atoms with Gasteiger partial charge in [-0.15, -0.1) is 0 Å². The van der Waals surface area contributed by atoms with E-state index in [1.54, 1.807) is 0 Å². The number of hydrogen-bond donors (Lipinski definition) is 0. The maximum atomic E-state index is 12.9. The minimum absolute atomic E-state index is 0.0726. The molecule has 0 saturated carbocycles. The predicted octanol–water partition coefficient (Wildman–Crippen LogP) is 25.7. The molecule has 0 bridgehead atoms. The minimum atomic E-state index is -0.777. The van der Waals surface area contributed by atoms with E-state index in [-0.39, 0.29) is 31.1 Å². The van der Waals surface area contributed by atoms with Gasteiger partial charge in [0.2, 0.25) is 0 Å². The Labute approximate surface area is 518 Å². The SMILES string of the molecule is CCCCCC/C=C\CCCCCCCC(=O)OCC(COC(=O)CCCCCCCCCCCCCCCCCCCCCCCCC/C=C\C/C=C\CCCCCCC)OC(=O)CCCCCCCCC/C=C\CCCCCCCC. The van der Waals surface area contributed by atoms with Crippen LogP contribution in [0.2, 0.25) is 0 Å². The van der Waals surface area contributed by atoms with E-state index in [1.165, 1.54) is 295 Å². The summed E-state index contributed by atoms with van der Waals surface area (Å²) >= 11 is 0. The van der Waals surface area contributed by atoms with Crippen molar-refractivity contribution in [3.63, 3.8) is 0 Å². The molecule has 0 aromatic carbocycles. The highest BCUT2D eigenvalue weighted by molar-refractivity contribution is 5.71. The fourth-order valence-electron chi connectivity index (χ4n) is 11.2. The Kier molecular flexibility index (Phi) is 69.6. The first kappa shape index (κ1) is 80.4. The summed E-state index contributed by atoms with van der Waals surface area (Å²) in [6.07, 6.45) is 91.7. The van der Waals surface area contributed by atoms with Crippen molar-refractivity contribution in [1.29, 1.82) is 0 Å². The van der Waals surface area contributed by atoms with E-state index >= 15 is 0 Å². The number of esters is 3. The van der Waals surface area contributed by atoms with Gasteiger partial charge in [-0.05, 0) is 103 Å². The van der Waals surface area contributed by atoms with E-state index in [9.17, 15) is 14.4 Å². The summed E-state index contributed by atoms with van der Waals surface area (Å²) in [5.74, 6) is -0.860. The van der Waals surface area contributed by atoms with Crippen molar-refractivity contribution in [2.24, 2.45) is 0 Å². The van der Waals surface area contributed by atoms with Crippen LogP contribution in [-0.4, -0.2) is 37.2 Å². The van der Waals surface area contributed by atoms with E-state index in [0.29, 0.717) is 19.3 Å². The topological polar surface area (TPSA) is 78.9 Å². The Morgan fingerprint density at radius 3 is 0.687 bits per heavy atom. The normalized spacial score (nSPS) is 12.3. The van der Waals surface area contributed by atoms with E-state index in [0.717, 1.165) is 70.6 Å².